The molecule has 1 unspecified atom stereocenters. The lowest BCUT2D eigenvalue weighted by Gasteiger charge is -2.18. The summed E-state index contributed by atoms with van der Waals surface area (Å²) < 4.78 is 16.7. The highest BCUT2D eigenvalue weighted by molar-refractivity contribution is 5.71. The quantitative estimate of drug-likeness (QED) is 0.0199. The lowest BCUT2D eigenvalue weighted by Crippen LogP contribution is -2.30. The van der Waals surface area contributed by atoms with Crippen LogP contribution < -0.4 is 0 Å². The van der Waals surface area contributed by atoms with E-state index >= 15 is 0 Å². The van der Waals surface area contributed by atoms with E-state index < -0.39 is 6.10 Å². The molecule has 0 bridgehead atoms. The van der Waals surface area contributed by atoms with Crippen molar-refractivity contribution in [2.75, 3.05) is 13.2 Å². The average Bonchev–Trinajstić information content (AvgIpc) is 3.29. The topological polar surface area (TPSA) is 78.9 Å². The van der Waals surface area contributed by atoms with Crippen LogP contribution in [-0.2, 0) is 28.6 Å². The van der Waals surface area contributed by atoms with Gasteiger partial charge in [0.15, 0.2) is 6.10 Å². The molecule has 0 fully saturated rings. The summed E-state index contributed by atoms with van der Waals surface area (Å²) in [6.07, 6.45) is 66.1. The second-order valence-corrected chi connectivity index (χ2v) is 17.9. The predicted octanol–water partition coefficient (Wildman–Crippen LogP) is 17.8. The highest BCUT2D eigenvalue weighted by Gasteiger charge is 2.19. The molecule has 0 heterocycles. The van der Waals surface area contributed by atoms with Gasteiger partial charge in [0, 0.05) is 19.3 Å². The minimum atomic E-state index is -0.797. The van der Waals surface area contributed by atoms with Crippen molar-refractivity contribution in [1.82, 2.24) is 0 Å². The molecule has 0 aliphatic carbocycles. The first-order chi connectivity index (χ1) is 31.5. The van der Waals surface area contributed by atoms with Crippen molar-refractivity contribution in [3.05, 3.63) is 72.9 Å². The fraction of sp³-hybridized carbons (Fsp3) is 0.741. The van der Waals surface area contributed by atoms with Crippen LogP contribution in [0.1, 0.15) is 258 Å². The third kappa shape index (κ3) is 49.9. The molecule has 6 nitrogen and oxygen atoms in total. The van der Waals surface area contributed by atoms with Gasteiger partial charge in [0.25, 0.3) is 0 Å². The van der Waals surface area contributed by atoms with Crippen molar-refractivity contribution in [1.29, 1.82) is 0 Å². The van der Waals surface area contributed by atoms with E-state index in [1.165, 1.54) is 135 Å². The molecule has 0 N–H and O–H groups in total. The van der Waals surface area contributed by atoms with Crippen molar-refractivity contribution in [3.63, 3.8) is 0 Å². The second-order valence-electron chi connectivity index (χ2n) is 17.9. The summed E-state index contributed by atoms with van der Waals surface area (Å²) in [5.41, 5.74) is 0. The molecule has 1 atom stereocenters. The van der Waals surface area contributed by atoms with Gasteiger partial charge in [-0.1, -0.05) is 254 Å². The smallest absolute Gasteiger partial charge is 0.306 e. The predicted molar refractivity (Wildman–Crippen MR) is 274 cm³/mol. The maximum atomic E-state index is 12.8. The highest BCUT2D eigenvalue weighted by atomic mass is 16.6. The van der Waals surface area contributed by atoms with Gasteiger partial charge >= 0.3 is 17.9 Å². The van der Waals surface area contributed by atoms with E-state index in [1.54, 1.807) is 0 Å². The molecular weight excluding hydrogens is 793 g/mol. The first-order valence-electron chi connectivity index (χ1n) is 27.0. The van der Waals surface area contributed by atoms with Crippen LogP contribution in [0, 0.1) is 0 Å². The third-order valence-electron chi connectivity index (χ3n) is 11.5. The van der Waals surface area contributed by atoms with Crippen molar-refractivity contribution in [2.45, 2.75) is 264 Å². The van der Waals surface area contributed by atoms with E-state index in [1.807, 2.05) is 24.3 Å². The van der Waals surface area contributed by atoms with E-state index in [2.05, 4.69) is 69.4 Å². The fourth-order valence-corrected chi connectivity index (χ4v) is 7.48. The van der Waals surface area contributed by atoms with Crippen molar-refractivity contribution >= 4 is 17.9 Å². The molecule has 6 heteroatoms. The van der Waals surface area contributed by atoms with Gasteiger partial charge in [-0.3, -0.25) is 14.4 Å². The molecule has 0 amide bonds. The molecule has 0 spiro atoms. The Morgan fingerprint density at radius 2 is 0.625 bits per heavy atom. The van der Waals surface area contributed by atoms with E-state index in [-0.39, 0.29) is 31.1 Å². The first kappa shape index (κ1) is 60.9. The Morgan fingerprint density at radius 1 is 0.312 bits per heavy atom. The summed E-state index contributed by atoms with van der Waals surface area (Å²) in [5, 5.41) is 0. The zero-order valence-electron chi connectivity index (χ0n) is 42.0. The molecule has 0 aliphatic heterocycles. The molecule has 0 rings (SSSR count). The highest BCUT2D eigenvalue weighted by Crippen LogP contribution is 2.16. The van der Waals surface area contributed by atoms with Gasteiger partial charge < -0.3 is 14.2 Å². The van der Waals surface area contributed by atoms with E-state index in [9.17, 15) is 14.4 Å². The van der Waals surface area contributed by atoms with Crippen LogP contribution in [0.5, 0.6) is 0 Å². The summed E-state index contributed by atoms with van der Waals surface area (Å²) in [7, 11) is 0. The number of unbranched alkanes of at least 4 members (excludes halogenated alkanes) is 29. The number of carbonyl (C=O) groups is 3. The van der Waals surface area contributed by atoms with Gasteiger partial charge in [-0.25, -0.2) is 0 Å². The van der Waals surface area contributed by atoms with Gasteiger partial charge in [-0.15, -0.1) is 0 Å². The molecule has 0 aromatic carbocycles. The zero-order chi connectivity index (χ0) is 46.5. The Balaban J connectivity index is 4.35. The standard InChI is InChI=1S/C58H100O6/c1-4-7-10-13-16-19-21-23-25-27-29-31-32-34-36-39-42-45-48-51-57(60)63-54-55(53-62-56(59)50-47-44-41-38-18-15-12-9-6-3)64-58(61)52-49-46-43-40-37-35-33-30-28-26-24-22-20-17-14-11-8-5-2/h11,14,17,20,22,24,26,28,30,33,38,41,55H,4-10,12-13,15-16,18-19,21,23,25,27,29,31-32,34-37,39-40,42-54H2,1-3H3/b14-11-,20-17-,24-22-,28-26-,33-30-,41-38-. The largest absolute Gasteiger partial charge is 0.462 e. The number of allylic oxidation sites excluding steroid dienone is 12. The number of ether oxygens (including phenoxy) is 3. The van der Waals surface area contributed by atoms with E-state index in [0.717, 1.165) is 77.0 Å². The summed E-state index contributed by atoms with van der Waals surface area (Å²) in [4.78, 5) is 37.9. The van der Waals surface area contributed by atoms with Gasteiger partial charge in [-0.05, 0) is 57.8 Å². The number of rotatable bonds is 48. The maximum absolute atomic E-state index is 12.8. The molecule has 0 saturated carbocycles. The summed E-state index contributed by atoms with van der Waals surface area (Å²) >= 11 is 0. The Labute approximate surface area is 395 Å². The SMILES string of the molecule is CCC\C=C/C=C\C=C/C=C\C=C/CCCCCCCC(=O)OC(COC(=O)CCC/C=C\CCCCCC)COC(=O)CCCCCCCCCCCCCCCCCCCCC. The number of hydrogen-bond donors (Lipinski definition) is 0. The van der Waals surface area contributed by atoms with Crippen molar-refractivity contribution < 1.29 is 28.6 Å². The average molecular weight is 893 g/mol. The van der Waals surface area contributed by atoms with E-state index in [0.29, 0.717) is 25.7 Å². The zero-order valence-corrected chi connectivity index (χ0v) is 42.0. The van der Waals surface area contributed by atoms with Crippen LogP contribution in [0.4, 0.5) is 0 Å². The molecule has 0 saturated heterocycles. The summed E-state index contributed by atoms with van der Waals surface area (Å²) in [6.45, 7) is 6.48. The summed E-state index contributed by atoms with van der Waals surface area (Å²) in [6, 6.07) is 0. The van der Waals surface area contributed by atoms with Crippen molar-refractivity contribution in [2.24, 2.45) is 0 Å². The van der Waals surface area contributed by atoms with Crippen LogP contribution in [-0.4, -0.2) is 37.2 Å². The number of esters is 3. The number of hydrogen-bond acceptors (Lipinski definition) is 6. The second kappa shape index (κ2) is 52.5. The number of carbonyl (C=O) groups excluding carboxylic acids is 3. The molecule has 0 radical (unpaired) electrons. The van der Waals surface area contributed by atoms with Crippen LogP contribution in [0.2, 0.25) is 0 Å². The Morgan fingerprint density at radius 3 is 1.06 bits per heavy atom. The van der Waals surface area contributed by atoms with Crippen LogP contribution in [0.3, 0.4) is 0 Å². The maximum Gasteiger partial charge on any atom is 0.306 e. The molecule has 0 aromatic heterocycles. The van der Waals surface area contributed by atoms with Gasteiger partial charge in [0.2, 0.25) is 0 Å². The molecule has 0 aliphatic rings. The molecular formula is C58H100O6. The van der Waals surface area contributed by atoms with Crippen LogP contribution in [0.25, 0.3) is 0 Å². The lowest BCUT2D eigenvalue weighted by molar-refractivity contribution is -0.167. The first-order valence-corrected chi connectivity index (χ1v) is 27.0. The summed E-state index contributed by atoms with van der Waals surface area (Å²) in [5.74, 6) is -0.950. The van der Waals surface area contributed by atoms with Crippen LogP contribution >= 0.6 is 0 Å². The van der Waals surface area contributed by atoms with Gasteiger partial charge in [0.1, 0.15) is 13.2 Å². The Hall–Kier alpha value is -3.15. The lowest BCUT2D eigenvalue weighted by atomic mass is 10.0. The van der Waals surface area contributed by atoms with Crippen molar-refractivity contribution in [3.8, 4) is 0 Å². The third-order valence-corrected chi connectivity index (χ3v) is 11.5. The fourth-order valence-electron chi connectivity index (χ4n) is 7.48. The Kier molecular flexibility index (Phi) is 49.9. The minimum Gasteiger partial charge on any atom is -0.462 e. The Bertz CT molecular complexity index is 1210. The van der Waals surface area contributed by atoms with Gasteiger partial charge in [-0.2, -0.15) is 0 Å². The van der Waals surface area contributed by atoms with E-state index in [4.69, 9.17) is 14.2 Å². The van der Waals surface area contributed by atoms with Crippen LogP contribution in [0.15, 0.2) is 72.9 Å². The molecule has 0 aromatic rings. The van der Waals surface area contributed by atoms with Gasteiger partial charge in [0.05, 0.1) is 0 Å². The monoisotopic (exact) mass is 893 g/mol. The molecule has 64 heavy (non-hydrogen) atoms. The minimum absolute atomic E-state index is 0.0927. The molecule has 368 valence electrons. The normalized spacial score (nSPS) is 12.6.